The van der Waals surface area contributed by atoms with Gasteiger partial charge in [-0.05, 0) is 264 Å². The smallest absolute Gasteiger partial charge is 0.159 e. The van der Waals surface area contributed by atoms with Crippen LogP contribution in [-0.4, -0.2) is 53.3 Å². The number of hydrogen-bond acceptors (Lipinski definition) is 8. The number of aliphatic imine (C=N–C) groups is 4. The summed E-state index contributed by atoms with van der Waals surface area (Å²) in [5.41, 5.74) is 32.0. The maximum Gasteiger partial charge on any atom is 0.159 e. The largest absolute Gasteiger partial charge is 0.366 e. The highest BCUT2D eigenvalue weighted by Gasteiger charge is 2.50. The number of fused-ring (bicyclic) bond motifs is 14. The molecule has 0 fully saturated rings. The summed E-state index contributed by atoms with van der Waals surface area (Å²) in [6, 6.07) is 59.2. The number of rotatable bonds is 8. The van der Waals surface area contributed by atoms with Gasteiger partial charge in [-0.2, -0.15) is 0 Å². The molecular formula is C96H82N8. The zero-order valence-electron chi connectivity index (χ0n) is 60.4. The fourth-order valence-electron chi connectivity index (χ4n) is 21.2. The van der Waals surface area contributed by atoms with Crippen molar-refractivity contribution in [3.05, 3.63) is 306 Å². The van der Waals surface area contributed by atoms with Gasteiger partial charge in [0.25, 0.3) is 0 Å². The van der Waals surface area contributed by atoms with E-state index in [-0.39, 0.29) is 51.2 Å². The van der Waals surface area contributed by atoms with E-state index in [2.05, 4.69) is 267 Å². The van der Waals surface area contributed by atoms with Crippen molar-refractivity contribution in [2.45, 2.75) is 115 Å². The number of nitrogens with zero attached hydrogens (tertiary/aromatic N) is 6. The summed E-state index contributed by atoms with van der Waals surface area (Å²) in [5.74, 6) is 4.04. The Hall–Kier alpha value is -11.0. The first-order valence-electron chi connectivity index (χ1n) is 37.8. The van der Waals surface area contributed by atoms with Crippen molar-refractivity contribution in [2.75, 3.05) is 19.6 Å². The lowest BCUT2D eigenvalue weighted by Gasteiger charge is -2.38. The number of hydrogen-bond donors (Lipinski definition) is 2. The Morgan fingerprint density at radius 3 is 1.94 bits per heavy atom. The fraction of sp³-hybridized carbons (Fsp3) is 0.250. The second-order valence-electron chi connectivity index (χ2n) is 33.1. The summed E-state index contributed by atoms with van der Waals surface area (Å²) < 4.78 is 0. The molecule has 8 aliphatic carbocycles. The molecule has 104 heavy (non-hydrogen) atoms. The zero-order valence-corrected chi connectivity index (χ0v) is 60.4. The first kappa shape index (κ1) is 61.7. The number of amidine groups is 3. The van der Waals surface area contributed by atoms with Gasteiger partial charge in [0.05, 0.1) is 6.54 Å². The lowest BCUT2D eigenvalue weighted by Crippen LogP contribution is -2.33. The van der Waals surface area contributed by atoms with Gasteiger partial charge in [0, 0.05) is 95.3 Å². The molecule has 0 spiro atoms. The minimum atomic E-state index is -0.280. The maximum atomic E-state index is 5.20. The first-order chi connectivity index (χ1) is 50.6. The molecule has 0 saturated heterocycles. The molecule has 0 bridgehead atoms. The number of benzene rings is 9. The molecule has 8 nitrogen and oxygen atoms in total. The number of aromatic nitrogens is 2. The van der Waals surface area contributed by atoms with Crippen LogP contribution in [0.1, 0.15) is 152 Å². The Morgan fingerprint density at radius 2 is 1.20 bits per heavy atom. The van der Waals surface area contributed by atoms with Crippen LogP contribution in [0.15, 0.2) is 244 Å². The van der Waals surface area contributed by atoms with Crippen molar-refractivity contribution in [1.82, 2.24) is 20.6 Å². The van der Waals surface area contributed by atoms with Crippen molar-refractivity contribution >= 4 is 68.6 Å². The summed E-state index contributed by atoms with van der Waals surface area (Å²) >= 11 is 0. The highest BCUT2D eigenvalue weighted by Crippen LogP contribution is 2.61. The molecule has 1 aromatic heterocycles. The molecule has 9 aromatic carbocycles. The highest BCUT2D eigenvalue weighted by atomic mass is 15.0. The van der Waals surface area contributed by atoms with Crippen LogP contribution >= 0.6 is 0 Å². The molecule has 5 unspecified atom stereocenters. The Labute approximate surface area is 608 Å². The number of allylic oxidation sites excluding steroid dienone is 5. The summed E-state index contributed by atoms with van der Waals surface area (Å²) in [7, 11) is 0. The third-order valence-electron chi connectivity index (χ3n) is 26.2. The van der Waals surface area contributed by atoms with Crippen LogP contribution in [0.25, 0.3) is 89.6 Å². The van der Waals surface area contributed by atoms with Crippen molar-refractivity contribution in [3.63, 3.8) is 0 Å². The van der Waals surface area contributed by atoms with E-state index < -0.39 is 0 Å². The molecule has 0 amide bonds. The van der Waals surface area contributed by atoms with E-state index in [1.165, 1.54) is 160 Å². The van der Waals surface area contributed by atoms with E-state index in [1.54, 1.807) is 0 Å². The molecule has 21 rings (SSSR count). The van der Waals surface area contributed by atoms with Crippen LogP contribution in [-0.2, 0) is 34.5 Å². The van der Waals surface area contributed by atoms with Crippen LogP contribution in [0.2, 0.25) is 0 Å². The van der Waals surface area contributed by atoms with Gasteiger partial charge in [-0.3, -0.25) is 9.98 Å². The average Bonchev–Trinajstić information content (AvgIpc) is 1.18. The van der Waals surface area contributed by atoms with Gasteiger partial charge in [0.15, 0.2) is 11.7 Å². The van der Waals surface area contributed by atoms with Crippen LogP contribution in [0, 0.1) is 17.8 Å². The molecule has 0 radical (unpaired) electrons. The van der Waals surface area contributed by atoms with Crippen LogP contribution in [0.5, 0.6) is 0 Å². The second-order valence-corrected chi connectivity index (χ2v) is 33.1. The van der Waals surface area contributed by atoms with E-state index in [1.807, 2.05) is 24.7 Å². The van der Waals surface area contributed by atoms with E-state index in [4.69, 9.17) is 29.9 Å². The third kappa shape index (κ3) is 8.83. The van der Waals surface area contributed by atoms with Gasteiger partial charge < -0.3 is 10.6 Å². The van der Waals surface area contributed by atoms with Crippen LogP contribution < -0.4 is 21.1 Å². The van der Waals surface area contributed by atoms with E-state index in [0.29, 0.717) is 6.54 Å². The predicted octanol–water partition coefficient (Wildman–Crippen LogP) is 18.8. The zero-order chi connectivity index (χ0) is 69.9. The van der Waals surface area contributed by atoms with Crippen molar-refractivity contribution in [3.8, 4) is 44.8 Å². The monoisotopic (exact) mass is 1350 g/mol. The molecule has 3 aliphatic heterocycles. The third-order valence-corrected chi connectivity index (χ3v) is 26.2. The van der Waals surface area contributed by atoms with Crippen molar-refractivity contribution < 1.29 is 0 Å². The predicted molar refractivity (Wildman–Crippen MR) is 429 cm³/mol. The summed E-state index contributed by atoms with van der Waals surface area (Å²) in [5, 5.41) is 15.3. The molecule has 11 aliphatic rings. The lowest BCUT2D eigenvalue weighted by molar-refractivity contribution is 0.412. The average molecular weight is 1350 g/mol. The van der Waals surface area contributed by atoms with E-state index in [0.717, 1.165) is 73.2 Å². The van der Waals surface area contributed by atoms with Gasteiger partial charge >= 0.3 is 0 Å². The van der Waals surface area contributed by atoms with Gasteiger partial charge in [-0.1, -0.05) is 182 Å². The Bertz CT molecular complexity index is 6050. The summed E-state index contributed by atoms with van der Waals surface area (Å²) in [4.78, 5) is 30.5. The minimum absolute atomic E-state index is 0.0305. The van der Waals surface area contributed by atoms with Gasteiger partial charge in [0.2, 0.25) is 0 Å². The minimum Gasteiger partial charge on any atom is -0.366 e. The van der Waals surface area contributed by atoms with E-state index in [9.17, 15) is 0 Å². The summed E-state index contributed by atoms with van der Waals surface area (Å²) in [6.07, 6.45) is 30.7. The molecule has 5 atom stereocenters. The van der Waals surface area contributed by atoms with Crippen LogP contribution in [0.4, 0.5) is 0 Å². The second kappa shape index (κ2) is 22.3. The highest BCUT2D eigenvalue weighted by molar-refractivity contribution is 6.17. The molecule has 8 heteroatoms. The lowest BCUT2D eigenvalue weighted by atomic mass is 9.66. The SMILES string of the molecule is CC1(C)C2=CC(C3=NCC=CN3)=CC(C3C=c4cc(C5=C6c7ccccc7C(C)(C)C6CC(C6=NC=CCN6)=C5)cc5c4c(c4c6c(cc(-c7cc(C8=NCCC=N8)cc8c7-c7ccccc7C8(C)C)cc65)=CC(c5cc(-c6ncccn6)cc6c5-c5ccccc5C6(C)C)C4)C3)C2c2ccccc21. The molecular weight excluding hydrogens is 1270 g/mol. The first-order valence-corrected chi connectivity index (χ1v) is 37.8. The fourth-order valence-corrected chi connectivity index (χ4v) is 21.2. The Morgan fingerprint density at radius 1 is 0.519 bits per heavy atom. The summed E-state index contributed by atoms with van der Waals surface area (Å²) in [6.45, 7) is 21.7. The Kier molecular flexibility index (Phi) is 13.2. The van der Waals surface area contributed by atoms with Gasteiger partial charge in [0.1, 0.15) is 11.7 Å². The van der Waals surface area contributed by atoms with Gasteiger partial charge in [-0.15, -0.1) is 0 Å². The Balaban J connectivity index is 0.901. The van der Waals surface area contributed by atoms with Crippen molar-refractivity contribution in [1.29, 1.82) is 0 Å². The molecule has 10 aromatic rings. The molecule has 0 saturated carbocycles. The van der Waals surface area contributed by atoms with E-state index >= 15 is 0 Å². The maximum absolute atomic E-state index is 5.20. The quantitative estimate of drug-likeness (QED) is 0.148. The standard InChI is InChI=1S/C96H82N8/c1-93(2)75-25-13-9-21-63(75)85-67(45-59(49-79(85)93)89-97-29-17-30-98-89)53-37-57-38-54(68-46-60(90-99-31-18-32-100-90)50-80-86(68)64-22-10-14-26-76(64)94(80,3)4)43-73-74-44-56(70-48-62(92-103-35-20-36-104-92)52-82-88(70)66-24-12-16-28-78(66)96(82,7)8)40-58-39-55(42-72(84(58)74)71(41-53)83(57)73)69-47-61(91-101-33-19-34-102-91)51-81-87(69)65-23-11-15-27-77(65)95(81,5)6/h9-19,21-29,31,33-35,37-40,43-49,51-53,55,67,80,85H,20,30,32,36,41-42,50H2,1-8H3,(H,97,98)(H,99,100). The number of nitrogens with one attached hydrogen (secondary N) is 2. The molecule has 4 heterocycles. The van der Waals surface area contributed by atoms with Gasteiger partial charge in [-0.25, -0.2) is 20.0 Å². The molecule has 506 valence electrons. The molecule has 2 N–H and O–H groups in total. The van der Waals surface area contributed by atoms with Crippen LogP contribution in [0.3, 0.4) is 0 Å². The topological polar surface area (TPSA) is 99.3 Å². The normalized spacial score (nSPS) is 22.9. The van der Waals surface area contributed by atoms with Crippen molar-refractivity contribution in [2.24, 2.45) is 37.7 Å².